The molecule has 0 aromatic carbocycles. The van der Waals surface area contributed by atoms with E-state index in [1.807, 2.05) is 37.3 Å². The van der Waals surface area contributed by atoms with Gasteiger partial charge in [0, 0.05) is 30.6 Å². The lowest BCUT2D eigenvalue weighted by Gasteiger charge is -2.32. The fraction of sp³-hybridized carbons (Fsp3) is 0.500. The average molecular weight is 347 g/mol. The summed E-state index contributed by atoms with van der Waals surface area (Å²) in [5, 5.41) is 8.06. The summed E-state index contributed by atoms with van der Waals surface area (Å²) in [6.45, 7) is 8.65. The van der Waals surface area contributed by atoms with Crippen molar-refractivity contribution >= 4 is 17.4 Å². The summed E-state index contributed by atoms with van der Waals surface area (Å²) in [7, 11) is 0. The van der Waals surface area contributed by atoms with Gasteiger partial charge in [-0.2, -0.15) is 0 Å². The van der Waals surface area contributed by atoms with Crippen LogP contribution in [0.1, 0.15) is 41.9 Å². The lowest BCUT2D eigenvalue weighted by Crippen LogP contribution is -2.46. The Bertz CT molecular complexity index is 694. The Hall–Kier alpha value is -1.79. The Morgan fingerprint density at radius 2 is 2.21 bits per heavy atom. The molecule has 2 aromatic heterocycles. The first-order valence-electron chi connectivity index (χ1n) is 8.43. The lowest BCUT2D eigenvalue weighted by atomic mass is 10.1. The van der Waals surface area contributed by atoms with Crippen LogP contribution < -0.4 is 10.6 Å². The van der Waals surface area contributed by atoms with Gasteiger partial charge >= 0.3 is 6.03 Å². The number of fused-ring (bicyclic) bond motifs is 1. The van der Waals surface area contributed by atoms with Gasteiger partial charge in [-0.1, -0.05) is 0 Å². The van der Waals surface area contributed by atoms with Gasteiger partial charge in [-0.3, -0.25) is 4.90 Å². The Morgan fingerprint density at radius 1 is 1.38 bits per heavy atom. The van der Waals surface area contributed by atoms with E-state index in [2.05, 4.69) is 33.9 Å². The van der Waals surface area contributed by atoms with Crippen LogP contribution in [0.2, 0.25) is 0 Å². The summed E-state index contributed by atoms with van der Waals surface area (Å²) in [4.78, 5) is 16.0. The Balaban J connectivity index is 1.44. The van der Waals surface area contributed by atoms with Crippen LogP contribution in [0.5, 0.6) is 0 Å². The molecule has 0 aliphatic carbocycles. The van der Waals surface area contributed by atoms with E-state index >= 15 is 0 Å². The van der Waals surface area contributed by atoms with Crippen LogP contribution in [-0.2, 0) is 13.0 Å². The molecule has 0 fully saturated rings. The number of nitrogens with zero attached hydrogens (tertiary/aromatic N) is 1. The molecule has 130 valence electrons. The van der Waals surface area contributed by atoms with Crippen molar-refractivity contribution < 1.29 is 9.21 Å². The number of rotatable bonds is 5. The Kier molecular flexibility index (Phi) is 5.26. The average Bonchev–Trinajstić information content (AvgIpc) is 3.20. The van der Waals surface area contributed by atoms with Crippen LogP contribution in [0, 0.1) is 6.92 Å². The number of carbonyl (C=O) groups excluding carboxylic acids is 1. The molecule has 5 nitrogen and oxygen atoms in total. The number of nitrogens with one attached hydrogen (secondary N) is 2. The summed E-state index contributed by atoms with van der Waals surface area (Å²) in [5.74, 6) is 1.63. The molecule has 2 atom stereocenters. The molecule has 2 aromatic rings. The number of furan rings is 1. The Morgan fingerprint density at radius 3 is 2.96 bits per heavy atom. The van der Waals surface area contributed by atoms with Crippen LogP contribution in [0.15, 0.2) is 28.0 Å². The lowest BCUT2D eigenvalue weighted by molar-refractivity contribution is 0.185. The molecule has 1 aliphatic rings. The first-order chi connectivity index (χ1) is 11.5. The normalized spacial score (nSPS) is 17.1. The van der Waals surface area contributed by atoms with E-state index in [0.29, 0.717) is 12.6 Å². The zero-order valence-corrected chi connectivity index (χ0v) is 15.3. The molecule has 3 rings (SSSR count). The fourth-order valence-corrected chi connectivity index (χ4v) is 3.91. The highest BCUT2D eigenvalue weighted by atomic mass is 32.1. The van der Waals surface area contributed by atoms with E-state index in [1.165, 1.54) is 10.4 Å². The molecule has 0 saturated carbocycles. The van der Waals surface area contributed by atoms with E-state index in [9.17, 15) is 4.79 Å². The molecular formula is C18H25N3O2S. The highest BCUT2D eigenvalue weighted by molar-refractivity contribution is 7.10. The molecular weight excluding hydrogens is 322 g/mol. The molecule has 0 saturated heterocycles. The van der Waals surface area contributed by atoms with Gasteiger partial charge in [0.05, 0.1) is 6.04 Å². The van der Waals surface area contributed by atoms with Gasteiger partial charge in [0.25, 0.3) is 0 Å². The van der Waals surface area contributed by atoms with Gasteiger partial charge in [0.15, 0.2) is 0 Å². The predicted molar refractivity (Wildman–Crippen MR) is 96.3 cm³/mol. The maximum atomic E-state index is 12.1. The van der Waals surface area contributed by atoms with Crippen molar-refractivity contribution in [2.24, 2.45) is 0 Å². The summed E-state index contributed by atoms with van der Waals surface area (Å²) in [6, 6.07) is 6.03. The maximum Gasteiger partial charge on any atom is 0.315 e. The SMILES string of the molecule is Cc1ccc([C@H](C)NC(=O)NC[C@@H](C)N2CCc3sccc3C2)o1. The number of hydrogen-bond donors (Lipinski definition) is 2. The predicted octanol–water partition coefficient (Wildman–Crippen LogP) is 3.46. The van der Waals surface area contributed by atoms with Crippen LogP contribution in [0.4, 0.5) is 4.79 Å². The monoisotopic (exact) mass is 347 g/mol. The molecule has 24 heavy (non-hydrogen) atoms. The minimum Gasteiger partial charge on any atom is -0.464 e. The maximum absolute atomic E-state index is 12.1. The fourth-order valence-electron chi connectivity index (χ4n) is 3.02. The third-order valence-corrected chi connectivity index (χ3v) is 5.58. The van der Waals surface area contributed by atoms with Gasteiger partial charge in [-0.05, 0) is 56.3 Å². The molecule has 0 radical (unpaired) electrons. The van der Waals surface area contributed by atoms with E-state index in [0.717, 1.165) is 31.0 Å². The Labute approximate surface area is 147 Å². The number of thiophene rings is 1. The highest BCUT2D eigenvalue weighted by Crippen LogP contribution is 2.25. The number of carbonyl (C=O) groups is 1. The zero-order valence-electron chi connectivity index (χ0n) is 14.5. The van der Waals surface area contributed by atoms with E-state index in [-0.39, 0.29) is 12.1 Å². The van der Waals surface area contributed by atoms with E-state index in [4.69, 9.17) is 4.42 Å². The number of aryl methyl sites for hydroxylation is 1. The molecule has 6 heteroatoms. The third-order valence-electron chi connectivity index (χ3n) is 4.55. The van der Waals surface area contributed by atoms with Crippen molar-refractivity contribution in [1.29, 1.82) is 0 Å². The van der Waals surface area contributed by atoms with Gasteiger partial charge in [0.1, 0.15) is 11.5 Å². The van der Waals surface area contributed by atoms with Crippen molar-refractivity contribution in [2.45, 2.75) is 45.8 Å². The van der Waals surface area contributed by atoms with E-state index < -0.39 is 0 Å². The van der Waals surface area contributed by atoms with Gasteiger partial charge in [-0.25, -0.2) is 4.79 Å². The molecule has 0 bridgehead atoms. The first-order valence-corrected chi connectivity index (χ1v) is 9.31. The standard InChI is InChI=1S/C18H25N3O2S/c1-12(21-8-6-17-15(11-21)7-9-24-17)10-19-18(22)20-14(3)16-5-4-13(2)23-16/h4-5,7,9,12,14H,6,8,10-11H2,1-3H3,(H2,19,20,22)/t12-,14+/m1/s1. The minimum atomic E-state index is -0.156. The number of hydrogen-bond acceptors (Lipinski definition) is 4. The quantitative estimate of drug-likeness (QED) is 0.871. The second-order valence-corrected chi connectivity index (χ2v) is 7.46. The second kappa shape index (κ2) is 7.40. The van der Waals surface area contributed by atoms with E-state index in [1.54, 1.807) is 0 Å². The van der Waals surface area contributed by atoms with Crippen LogP contribution in [-0.4, -0.2) is 30.1 Å². The smallest absolute Gasteiger partial charge is 0.315 e. The number of amides is 2. The highest BCUT2D eigenvalue weighted by Gasteiger charge is 2.22. The summed E-state index contributed by atoms with van der Waals surface area (Å²) in [6.07, 6.45) is 1.11. The summed E-state index contributed by atoms with van der Waals surface area (Å²) >= 11 is 1.85. The molecule has 1 aliphatic heterocycles. The largest absolute Gasteiger partial charge is 0.464 e. The van der Waals surface area contributed by atoms with Gasteiger partial charge in [0.2, 0.25) is 0 Å². The zero-order chi connectivity index (χ0) is 17.1. The van der Waals surface area contributed by atoms with Crippen molar-refractivity contribution in [2.75, 3.05) is 13.1 Å². The molecule has 0 unspecified atom stereocenters. The van der Waals surface area contributed by atoms with Crippen molar-refractivity contribution in [3.8, 4) is 0 Å². The van der Waals surface area contributed by atoms with Crippen LogP contribution in [0.25, 0.3) is 0 Å². The van der Waals surface area contributed by atoms with Crippen molar-refractivity contribution in [3.63, 3.8) is 0 Å². The van der Waals surface area contributed by atoms with Crippen molar-refractivity contribution in [3.05, 3.63) is 45.5 Å². The van der Waals surface area contributed by atoms with Gasteiger partial charge in [-0.15, -0.1) is 11.3 Å². The molecule has 0 spiro atoms. The van der Waals surface area contributed by atoms with Crippen LogP contribution in [0.3, 0.4) is 0 Å². The third kappa shape index (κ3) is 3.99. The molecule has 2 amide bonds. The second-order valence-electron chi connectivity index (χ2n) is 6.46. The molecule has 2 N–H and O–H groups in total. The minimum absolute atomic E-state index is 0.141. The first kappa shape index (κ1) is 17.0. The summed E-state index contributed by atoms with van der Waals surface area (Å²) < 4.78 is 5.54. The van der Waals surface area contributed by atoms with Gasteiger partial charge < -0.3 is 15.1 Å². The van der Waals surface area contributed by atoms with Crippen LogP contribution >= 0.6 is 11.3 Å². The summed E-state index contributed by atoms with van der Waals surface area (Å²) in [5.41, 5.74) is 1.43. The molecule has 3 heterocycles. The van der Waals surface area contributed by atoms with Crippen molar-refractivity contribution in [1.82, 2.24) is 15.5 Å². The topological polar surface area (TPSA) is 57.5 Å². The number of urea groups is 1.